The maximum absolute atomic E-state index is 13.3. The summed E-state index contributed by atoms with van der Waals surface area (Å²) in [6.45, 7) is 5.68. The van der Waals surface area contributed by atoms with Crippen molar-refractivity contribution in [2.45, 2.75) is 19.9 Å². The summed E-state index contributed by atoms with van der Waals surface area (Å²) in [6, 6.07) is 15.9. The average molecular weight is 417 g/mol. The second kappa shape index (κ2) is 9.11. The van der Waals surface area contributed by atoms with Crippen LogP contribution in [0.1, 0.15) is 34.1 Å². The number of carbonyl (C=O) groups excluding carboxylic acids is 1. The number of piperazine rings is 1. The molecule has 1 amide bonds. The van der Waals surface area contributed by atoms with Crippen LogP contribution < -0.4 is 0 Å². The maximum atomic E-state index is 13.3. The summed E-state index contributed by atoms with van der Waals surface area (Å²) < 4.78 is 15.0. The number of hydrogen-bond acceptors (Lipinski definition) is 4. The Morgan fingerprint density at radius 3 is 2.35 bits per heavy atom. The third-order valence-corrected chi connectivity index (χ3v) is 5.65. The third kappa shape index (κ3) is 4.49. The van der Waals surface area contributed by atoms with E-state index in [4.69, 9.17) is 5.26 Å². The maximum Gasteiger partial charge on any atom is 0.257 e. The van der Waals surface area contributed by atoms with Crippen LogP contribution in [0.25, 0.3) is 5.69 Å². The van der Waals surface area contributed by atoms with Gasteiger partial charge in [0.25, 0.3) is 5.91 Å². The minimum Gasteiger partial charge on any atom is -0.336 e. The first-order chi connectivity index (χ1) is 15.1. The van der Waals surface area contributed by atoms with Crippen LogP contribution in [0.5, 0.6) is 0 Å². The van der Waals surface area contributed by atoms with Gasteiger partial charge in [-0.1, -0.05) is 19.1 Å². The predicted molar refractivity (Wildman–Crippen MR) is 115 cm³/mol. The molecule has 0 bridgehead atoms. The number of halogens is 1. The zero-order valence-electron chi connectivity index (χ0n) is 17.5. The van der Waals surface area contributed by atoms with Crippen molar-refractivity contribution in [3.63, 3.8) is 0 Å². The molecular formula is C24H24FN5O. The Morgan fingerprint density at radius 1 is 1.06 bits per heavy atom. The summed E-state index contributed by atoms with van der Waals surface area (Å²) in [4.78, 5) is 17.4. The van der Waals surface area contributed by atoms with Crippen molar-refractivity contribution in [3.05, 3.63) is 82.9 Å². The Labute approximate surface area is 181 Å². The molecule has 158 valence electrons. The number of rotatable bonds is 5. The standard InChI is InChI=1S/C24H24FN5O/c1-2-23-22(16-27-30(23)21-9-7-20(25)8-10-21)24(31)29-13-11-28(12-14-29)17-19-5-3-18(15-26)4-6-19/h3-10,16H,2,11-14,17H2,1H3. The van der Waals surface area contributed by atoms with Gasteiger partial charge in [-0.2, -0.15) is 10.4 Å². The number of nitriles is 1. The van der Waals surface area contributed by atoms with E-state index in [9.17, 15) is 9.18 Å². The van der Waals surface area contributed by atoms with Crippen LogP contribution in [0, 0.1) is 17.1 Å². The molecule has 1 aliphatic rings. The third-order valence-electron chi connectivity index (χ3n) is 5.65. The highest BCUT2D eigenvalue weighted by Gasteiger charge is 2.26. The van der Waals surface area contributed by atoms with Gasteiger partial charge in [0.1, 0.15) is 5.82 Å². The first kappa shape index (κ1) is 20.8. The molecule has 1 aromatic heterocycles. The lowest BCUT2D eigenvalue weighted by molar-refractivity contribution is 0.0627. The molecule has 0 saturated carbocycles. The van der Waals surface area contributed by atoms with Crippen LogP contribution >= 0.6 is 0 Å². The number of amides is 1. The number of nitrogens with zero attached hydrogens (tertiary/aromatic N) is 5. The minimum atomic E-state index is -0.302. The largest absolute Gasteiger partial charge is 0.336 e. The average Bonchev–Trinajstić information content (AvgIpc) is 3.24. The summed E-state index contributed by atoms with van der Waals surface area (Å²) in [6.07, 6.45) is 2.27. The molecule has 0 aliphatic carbocycles. The first-order valence-corrected chi connectivity index (χ1v) is 10.4. The lowest BCUT2D eigenvalue weighted by atomic mass is 10.1. The van der Waals surface area contributed by atoms with E-state index >= 15 is 0 Å². The zero-order chi connectivity index (χ0) is 21.8. The van der Waals surface area contributed by atoms with Gasteiger partial charge >= 0.3 is 0 Å². The minimum absolute atomic E-state index is 0.0109. The van der Waals surface area contributed by atoms with Crippen molar-refractivity contribution in [3.8, 4) is 11.8 Å². The molecule has 0 N–H and O–H groups in total. The molecule has 0 radical (unpaired) electrons. The van der Waals surface area contributed by atoms with Crippen LogP contribution in [0.3, 0.4) is 0 Å². The lowest BCUT2D eigenvalue weighted by Crippen LogP contribution is -2.48. The van der Waals surface area contributed by atoms with Crippen molar-refractivity contribution >= 4 is 5.91 Å². The van der Waals surface area contributed by atoms with E-state index in [0.717, 1.165) is 36.6 Å². The van der Waals surface area contributed by atoms with E-state index in [-0.39, 0.29) is 11.7 Å². The highest BCUT2D eigenvalue weighted by Crippen LogP contribution is 2.19. The summed E-state index contributed by atoms with van der Waals surface area (Å²) in [7, 11) is 0. The molecule has 7 heteroatoms. The summed E-state index contributed by atoms with van der Waals surface area (Å²) in [5, 5.41) is 13.3. The second-order valence-corrected chi connectivity index (χ2v) is 7.62. The van der Waals surface area contributed by atoms with Crippen molar-refractivity contribution in [2.75, 3.05) is 26.2 Å². The summed E-state index contributed by atoms with van der Waals surface area (Å²) in [5.74, 6) is -0.313. The quantitative estimate of drug-likeness (QED) is 0.638. The van der Waals surface area contributed by atoms with Gasteiger partial charge in [0.15, 0.2) is 0 Å². The Hall–Kier alpha value is -3.50. The highest BCUT2D eigenvalue weighted by atomic mass is 19.1. The zero-order valence-corrected chi connectivity index (χ0v) is 17.5. The van der Waals surface area contributed by atoms with Crippen LogP contribution in [-0.4, -0.2) is 51.7 Å². The molecule has 1 fully saturated rings. The number of hydrogen-bond donors (Lipinski definition) is 0. The van der Waals surface area contributed by atoms with Gasteiger partial charge < -0.3 is 4.90 Å². The Morgan fingerprint density at radius 2 is 1.74 bits per heavy atom. The molecular weight excluding hydrogens is 393 g/mol. The van der Waals surface area contributed by atoms with Gasteiger partial charge in [0.2, 0.25) is 0 Å². The molecule has 0 unspecified atom stereocenters. The molecule has 2 heterocycles. The van der Waals surface area contributed by atoms with Gasteiger partial charge in [0, 0.05) is 32.7 Å². The van der Waals surface area contributed by atoms with Gasteiger partial charge in [0.05, 0.1) is 34.8 Å². The van der Waals surface area contributed by atoms with E-state index in [0.29, 0.717) is 30.6 Å². The SMILES string of the molecule is CCc1c(C(=O)N2CCN(Cc3ccc(C#N)cc3)CC2)cnn1-c1ccc(F)cc1. The first-order valence-electron chi connectivity index (χ1n) is 10.4. The van der Waals surface area contributed by atoms with Crippen LogP contribution in [0.15, 0.2) is 54.7 Å². The molecule has 4 rings (SSSR count). The normalized spacial score (nSPS) is 14.4. The molecule has 1 saturated heterocycles. The highest BCUT2D eigenvalue weighted by molar-refractivity contribution is 5.95. The number of carbonyl (C=O) groups is 1. The topological polar surface area (TPSA) is 65.2 Å². The second-order valence-electron chi connectivity index (χ2n) is 7.62. The summed E-state index contributed by atoms with van der Waals surface area (Å²) in [5.41, 5.74) is 3.99. The van der Waals surface area contributed by atoms with E-state index < -0.39 is 0 Å². The van der Waals surface area contributed by atoms with Crippen LogP contribution in [0.4, 0.5) is 4.39 Å². The van der Waals surface area contributed by atoms with Gasteiger partial charge in [-0.25, -0.2) is 9.07 Å². The van der Waals surface area contributed by atoms with Crippen molar-refractivity contribution in [1.29, 1.82) is 5.26 Å². The lowest BCUT2D eigenvalue weighted by Gasteiger charge is -2.34. The molecule has 0 atom stereocenters. The fourth-order valence-electron chi connectivity index (χ4n) is 3.92. The Kier molecular flexibility index (Phi) is 6.10. The van der Waals surface area contributed by atoms with E-state index in [2.05, 4.69) is 16.1 Å². The Bertz CT molecular complexity index is 1090. The van der Waals surface area contributed by atoms with Crippen LogP contribution in [-0.2, 0) is 13.0 Å². The molecule has 3 aromatic rings. The predicted octanol–water partition coefficient (Wildman–Crippen LogP) is 3.40. The van der Waals surface area contributed by atoms with Crippen molar-refractivity contribution < 1.29 is 9.18 Å². The Balaban J connectivity index is 1.41. The van der Waals surface area contributed by atoms with E-state index in [1.54, 1.807) is 23.0 Å². The van der Waals surface area contributed by atoms with Gasteiger partial charge in [-0.3, -0.25) is 9.69 Å². The van der Waals surface area contributed by atoms with Crippen LogP contribution in [0.2, 0.25) is 0 Å². The molecule has 0 spiro atoms. The van der Waals surface area contributed by atoms with Crippen molar-refractivity contribution in [1.82, 2.24) is 19.6 Å². The molecule has 31 heavy (non-hydrogen) atoms. The van der Waals surface area contributed by atoms with Gasteiger partial charge in [-0.05, 0) is 48.4 Å². The number of benzene rings is 2. The number of aromatic nitrogens is 2. The summed E-state index contributed by atoms with van der Waals surface area (Å²) >= 11 is 0. The van der Waals surface area contributed by atoms with E-state index in [1.165, 1.54) is 12.1 Å². The monoisotopic (exact) mass is 417 g/mol. The fourth-order valence-corrected chi connectivity index (χ4v) is 3.92. The molecule has 6 nitrogen and oxygen atoms in total. The van der Waals surface area contributed by atoms with Crippen molar-refractivity contribution in [2.24, 2.45) is 0 Å². The fraction of sp³-hybridized carbons (Fsp3) is 0.292. The molecule has 2 aromatic carbocycles. The van der Waals surface area contributed by atoms with Gasteiger partial charge in [-0.15, -0.1) is 0 Å². The smallest absolute Gasteiger partial charge is 0.257 e. The van der Waals surface area contributed by atoms with E-state index in [1.807, 2.05) is 36.1 Å². The molecule has 1 aliphatic heterocycles.